The second-order valence-electron chi connectivity index (χ2n) is 5.86. The Morgan fingerprint density at radius 2 is 2.20 bits per heavy atom. The number of benzene rings is 1. The zero-order chi connectivity index (χ0) is 14.1. The molecule has 108 valence electrons. The first-order chi connectivity index (χ1) is 9.69. The predicted molar refractivity (Wildman–Crippen MR) is 77.6 cm³/mol. The van der Waals surface area contributed by atoms with Gasteiger partial charge in [-0.3, -0.25) is 4.79 Å². The first-order valence-electron chi connectivity index (χ1n) is 7.38. The van der Waals surface area contributed by atoms with Gasteiger partial charge in [-0.2, -0.15) is 0 Å². The van der Waals surface area contributed by atoms with Crippen LogP contribution in [0.1, 0.15) is 37.8 Å². The van der Waals surface area contributed by atoms with Crippen LogP contribution in [0.5, 0.6) is 5.75 Å². The quantitative estimate of drug-likeness (QED) is 0.883. The fourth-order valence-electron chi connectivity index (χ4n) is 3.54. The molecule has 20 heavy (non-hydrogen) atoms. The number of hydrogen-bond acceptors (Lipinski definition) is 3. The largest absolute Gasteiger partial charge is 0.496 e. The van der Waals surface area contributed by atoms with Gasteiger partial charge in [-0.25, -0.2) is 0 Å². The molecular weight excluding hydrogens is 252 g/mol. The average molecular weight is 274 g/mol. The van der Waals surface area contributed by atoms with Crippen molar-refractivity contribution < 1.29 is 9.53 Å². The minimum atomic E-state index is -0.0298. The minimum Gasteiger partial charge on any atom is -0.496 e. The summed E-state index contributed by atoms with van der Waals surface area (Å²) in [5, 5.41) is 6.65. The molecule has 0 aromatic heterocycles. The molecule has 2 aliphatic rings. The van der Waals surface area contributed by atoms with Gasteiger partial charge in [0.1, 0.15) is 5.75 Å². The summed E-state index contributed by atoms with van der Waals surface area (Å²) in [5.74, 6) is 1.13. The number of nitrogens with one attached hydrogen (secondary N) is 2. The minimum absolute atomic E-state index is 0.0298. The van der Waals surface area contributed by atoms with E-state index in [0.717, 1.165) is 24.2 Å². The maximum Gasteiger partial charge on any atom is 0.225 e. The zero-order valence-electron chi connectivity index (χ0n) is 12.1. The van der Waals surface area contributed by atoms with Crippen LogP contribution in [-0.4, -0.2) is 25.1 Å². The van der Waals surface area contributed by atoms with Crippen LogP contribution >= 0.6 is 0 Å². The molecule has 0 spiro atoms. The van der Waals surface area contributed by atoms with Gasteiger partial charge in [0.2, 0.25) is 5.91 Å². The molecule has 2 saturated heterocycles. The summed E-state index contributed by atoms with van der Waals surface area (Å²) in [4.78, 5) is 12.4. The van der Waals surface area contributed by atoms with Crippen LogP contribution in [0.15, 0.2) is 24.3 Å². The normalized spacial score (nSPS) is 29.2. The number of methoxy groups -OCH3 is 1. The summed E-state index contributed by atoms with van der Waals surface area (Å²) < 4.78 is 5.36. The molecule has 4 atom stereocenters. The molecule has 4 nitrogen and oxygen atoms in total. The highest BCUT2D eigenvalue weighted by atomic mass is 16.5. The lowest BCUT2D eigenvalue weighted by atomic mass is 9.88. The smallest absolute Gasteiger partial charge is 0.225 e. The Balaban J connectivity index is 1.66. The maximum absolute atomic E-state index is 12.4. The Hall–Kier alpha value is -1.55. The molecule has 3 rings (SSSR count). The van der Waals surface area contributed by atoms with Gasteiger partial charge in [-0.1, -0.05) is 18.2 Å². The van der Waals surface area contributed by atoms with Crippen molar-refractivity contribution in [1.82, 2.24) is 10.6 Å². The number of para-hydroxylation sites is 1. The fraction of sp³-hybridized carbons (Fsp3) is 0.562. The van der Waals surface area contributed by atoms with Crippen molar-refractivity contribution in [3.63, 3.8) is 0 Å². The number of carbonyl (C=O) groups excluding carboxylic acids is 1. The predicted octanol–water partition coefficient (Wildman–Crippen LogP) is 2.01. The van der Waals surface area contributed by atoms with E-state index < -0.39 is 0 Å². The first kappa shape index (κ1) is 13.4. The molecule has 0 aliphatic carbocycles. The van der Waals surface area contributed by atoms with E-state index in [1.54, 1.807) is 7.11 Å². The van der Waals surface area contributed by atoms with E-state index in [4.69, 9.17) is 4.74 Å². The lowest BCUT2D eigenvalue weighted by Gasteiger charge is -2.23. The first-order valence-corrected chi connectivity index (χ1v) is 7.38. The molecule has 2 fully saturated rings. The molecule has 1 aromatic rings. The Labute approximate surface area is 119 Å². The summed E-state index contributed by atoms with van der Waals surface area (Å²) in [7, 11) is 1.66. The molecule has 4 heteroatoms. The van der Waals surface area contributed by atoms with Gasteiger partial charge in [0.15, 0.2) is 0 Å². The van der Waals surface area contributed by atoms with Crippen molar-refractivity contribution >= 4 is 5.91 Å². The van der Waals surface area contributed by atoms with E-state index >= 15 is 0 Å². The summed E-state index contributed by atoms with van der Waals surface area (Å²) in [5.41, 5.74) is 1.03. The molecule has 2 aliphatic heterocycles. The van der Waals surface area contributed by atoms with Gasteiger partial charge in [0.25, 0.3) is 0 Å². The summed E-state index contributed by atoms with van der Waals surface area (Å²) in [6.07, 6.45) is 3.33. The summed E-state index contributed by atoms with van der Waals surface area (Å²) in [6.45, 7) is 2.01. The number of fused-ring (bicyclic) bond motifs is 2. The molecule has 2 heterocycles. The Morgan fingerprint density at radius 3 is 2.85 bits per heavy atom. The third-order valence-electron chi connectivity index (χ3n) is 4.60. The standard InChI is InChI=1S/C16H22N2O2/c1-10(12-5-3-4-6-15(12)20-2)17-16(19)13-9-11-7-8-14(13)18-11/h3-6,10-11,13-14,18H,7-9H2,1-2H3,(H,17,19)/t10-,11?,13?,14?/m0/s1. The monoisotopic (exact) mass is 274 g/mol. The number of carbonyl (C=O) groups is 1. The summed E-state index contributed by atoms with van der Waals surface area (Å²) >= 11 is 0. The van der Waals surface area contributed by atoms with Gasteiger partial charge in [0, 0.05) is 17.6 Å². The number of amides is 1. The van der Waals surface area contributed by atoms with Crippen LogP contribution in [0.2, 0.25) is 0 Å². The van der Waals surface area contributed by atoms with Gasteiger partial charge < -0.3 is 15.4 Å². The topological polar surface area (TPSA) is 50.4 Å². The van der Waals surface area contributed by atoms with Crippen LogP contribution in [0.25, 0.3) is 0 Å². The van der Waals surface area contributed by atoms with E-state index in [2.05, 4.69) is 10.6 Å². The van der Waals surface area contributed by atoms with Gasteiger partial charge in [0.05, 0.1) is 19.1 Å². The number of ether oxygens (including phenoxy) is 1. The second-order valence-corrected chi connectivity index (χ2v) is 5.86. The van der Waals surface area contributed by atoms with Crippen LogP contribution in [-0.2, 0) is 4.79 Å². The SMILES string of the molecule is COc1ccccc1[C@H](C)NC(=O)C1CC2CCC1N2. The molecule has 2 bridgehead atoms. The van der Waals surface area contributed by atoms with Crippen molar-refractivity contribution in [3.8, 4) is 5.75 Å². The van der Waals surface area contributed by atoms with E-state index in [9.17, 15) is 4.79 Å². The van der Waals surface area contributed by atoms with Crippen molar-refractivity contribution in [1.29, 1.82) is 0 Å². The molecule has 0 radical (unpaired) electrons. The highest BCUT2D eigenvalue weighted by Gasteiger charge is 2.42. The fourth-order valence-corrected chi connectivity index (χ4v) is 3.54. The maximum atomic E-state index is 12.4. The van der Waals surface area contributed by atoms with Crippen molar-refractivity contribution in [3.05, 3.63) is 29.8 Å². The van der Waals surface area contributed by atoms with Crippen LogP contribution < -0.4 is 15.4 Å². The van der Waals surface area contributed by atoms with E-state index in [1.807, 2.05) is 31.2 Å². The Morgan fingerprint density at radius 1 is 1.40 bits per heavy atom. The third-order valence-corrected chi connectivity index (χ3v) is 4.60. The molecule has 1 amide bonds. The molecule has 0 saturated carbocycles. The number of hydrogen-bond donors (Lipinski definition) is 2. The van der Waals surface area contributed by atoms with Gasteiger partial charge in [-0.15, -0.1) is 0 Å². The van der Waals surface area contributed by atoms with E-state index in [-0.39, 0.29) is 17.9 Å². The Bertz CT molecular complexity index is 503. The van der Waals surface area contributed by atoms with E-state index in [0.29, 0.717) is 12.1 Å². The number of rotatable bonds is 4. The average Bonchev–Trinajstić information content (AvgIpc) is 3.09. The lowest BCUT2D eigenvalue weighted by molar-refractivity contribution is -0.126. The van der Waals surface area contributed by atoms with Crippen molar-refractivity contribution in [2.75, 3.05) is 7.11 Å². The molecule has 3 unspecified atom stereocenters. The zero-order valence-corrected chi connectivity index (χ0v) is 12.1. The lowest BCUT2D eigenvalue weighted by Crippen LogP contribution is -2.38. The van der Waals surface area contributed by atoms with Crippen LogP contribution in [0, 0.1) is 5.92 Å². The van der Waals surface area contributed by atoms with Crippen molar-refractivity contribution in [2.24, 2.45) is 5.92 Å². The molecule has 2 N–H and O–H groups in total. The highest BCUT2D eigenvalue weighted by molar-refractivity contribution is 5.80. The molecular formula is C16H22N2O2. The summed E-state index contributed by atoms with van der Waals surface area (Å²) in [6, 6.07) is 8.75. The Kier molecular flexibility index (Phi) is 3.66. The third kappa shape index (κ3) is 2.40. The second kappa shape index (κ2) is 5.44. The van der Waals surface area contributed by atoms with Gasteiger partial charge in [-0.05, 0) is 32.3 Å². The highest BCUT2D eigenvalue weighted by Crippen LogP contribution is 2.34. The van der Waals surface area contributed by atoms with Crippen LogP contribution in [0.3, 0.4) is 0 Å². The van der Waals surface area contributed by atoms with E-state index in [1.165, 1.54) is 6.42 Å². The molecule has 1 aromatic carbocycles. The van der Waals surface area contributed by atoms with Crippen LogP contribution in [0.4, 0.5) is 0 Å². The van der Waals surface area contributed by atoms with Crippen molar-refractivity contribution in [2.45, 2.75) is 44.3 Å². The van der Waals surface area contributed by atoms with Gasteiger partial charge >= 0.3 is 0 Å².